The maximum atomic E-state index is 12.3. The van der Waals surface area contributed by atoms with Crippen molar-refractivity contribution in [2.24, 2.45) is 0 Å². The molecule has 0 saturated carbocycles. The van der Waals surface area contributed by atoms with Crippen LogP contribution in [0.15, 0.2) is 46.9 Å². The minimum absolute atomic E-state index is 0.152. The predicted molar refractivity (Wildman–Crippen MR) is 98.5 cm³/mol. The molecule has 0 spiro atoms. The molecule has 7 heteroatoms. The number of anilines is 2. The first kappa shape index (κ1) is 17.2. The van der Waals surface area contributed by atoms with E-state index in [2.05, 4.69) is 31.9 Å². The summed E-state index contributed by atoms with van der Waals surface area (Å²) < 4.78 is 0.913. The Kier molecular flexibility index (Phi) is 4.85. The van der Waals surface area contributed by atoms with E-state index in [0.29, 0.717) is 16.9 Å². The van der Waals surface area contributed by atoms with Crippen LogP contribution >= 0.6 is 15.9 Å². The number of hydrogen-bond acceptors (Lipinski definition) is 3. The van der Waals surface area contributed by atoms with Gasteiger partial charge in [0, 0.05) is 10.2 Å². The van der Waals surface area contributed by atoms with Crippen molar-refractivity contribution in [2.45, 2.75) is 19.4 Å². The van der Waals surface area contributed by atoms with Crippen molar-refractivity contribution < 1.29 is 14.4 Å². The molecule has 0 aliphatic carbocycles. The van der Waals surface area contributed by atoms with E-state index in [4.69, 9.17) is 0 Å². The average molecular weight is 402 g/mol. The Balaban J connectivity index is 1.71. The van der Waals surface area contributed by atoms with Crippen LogP contribution in [0.25, 0.3) is 0 Å². The lowest BCUT2D eigenvalue weighted by Gasteiger charge is -2.15. The van der Waals surface area contributed by atoms with E-state index in [-0.39, 0.29) is 18.2 Å². The third-order valence-corrected chi connectivity index (χ3v) is 4.40. The number of halogens is 1. The normalized spacial score (nSPS) is 16.3. The monoisotopic (exact) mass is 401 g/mol. The Labute approximate surface area is 153 Å². The van der Waals surface area contributed by atoms with Crippen LogP contribution < -0.4 is 16.0 Å². The minimum atomic E-state index is -0.935. The van der Waals surface area contributed by atoms with Gasteiger partial charge in [-0.2, -0.15) is 0 Å². The number of carbonyl (C=O) groups excluding carboxylic acids is 3. The lowest BCUT2D eigenvalue weighted by atomic mass is 10.1. The Morgan fingerprint density at radius 3 is 2.72 bits per heavy atom. The summed E-state index contributed by atoms with van der Waals surface area (Å²) in [5, 5.41) is 8.06. The lowest BCUT2D eigenvalue weighted by molar-refractivity contribution is -0.122. The van der Waals surface area contributed by atoms with Crippen LogP contribution in [0.4, 0.5) is 11.4 Å². The van der Waals surface area contributed by atoms with Crippen molar-refractivity contribution in [3.63, 3.8) is 0 Å². The van der Waals surface area contributed by atoms with Gasteiger partial charge in [-0.15, -0.1) is 0 Å². The van der Waals surface area contributed by atoms with Gasteiger partial charge in [0.1, 0.15) is 6.04 Å². The first-order chi connectivity index (χ1) is 11.9. The number of para-hydroxylation sites is 1. The fraction of sp³-hybridized carbons (Fsp3) is 0.167. The standard InChI is InChI=1S/C18H16BrN3O3/c1-10-8-11(19)6-7-13(10)20-16(23)9-15-18(25)21-14-5-3-2-4-12(14)17(24)22-15/h2-8,15H,9H2,1H3,(H,20,23)(H,21,25)(H,22,24)/t15-/m0/s1. The molecule has 1 aliphatic rings. The van der Waals surface area contributed by atoms with Crippen LogP contribution in [0.3, 0.4) is 0 Å². The molecular weight excluding hydrogens is 386 g/mol. The summed E-state index contributed by atoms with van der Waals surface area (Å²) in [6.45, 7) is 1.87. The quantitative estimate of drug-likeness (QED) is 0.738. The molecule has 25 heavy (non-hydrogen) atoms. The molecule has 0 fully saturated rings. The summed E-state index contributed by atoms with van der Waals surface area (Å²) >= 11 is 3.37. The summed E-state index contributed by atoms with van der Waals surface area (Å²) in [5.41, 5.74) is 2.38. The maximum absolute atomic E-state index is 12.3. The molecule has 0 aromatic heterocycles. The van der Waals surface area contributed by atoms with E-state index >= 15 is 0 Å². The molecule has 3 N–H and O–H groups in total. The SMILES string of the molecule is Cc1cc(Br)ccc1NC(=O)C[C@@H]1NC(=O)c2ccccc2NC1=O. The number of carbonyl (C=O) groups is 3. The summed E-state index contributed by atoms with van der Waals surface area (Å²) in [6.07, 6.45) is -0.152. The van der Waals surface area contributed by atoms with Gasteiger partial charge in [0.25, 0.3) is 5.91 Å². The van der Waals surface area contributed by atoms with E-state index in [0.717, 1.165) is 10.0 Å². The van der Waals surface area contributed by atoms with Crippen LogP contribution in [-0.2, 0) is 9.59 Å². The largest absolute Gasteiger partial charge is 0.340 e. The van der Waals surface area contributed by atoms with Crippen LogP contribution in [0.2, 0.25) is 0 Å². The molecule has 2 aromatic rings. The number of rotatable bonds is 3. The number of hydrogen-bond donors (Lipinski definition) is 3. The van der Waals surface area contributed by atoms with Gasteiger partial charge in [0.15, 0.2) is 0 Å². The minimum Gasteiger partial charge on any atom is -0.340 e. The summed E-state index contributed by atoms with van der Waals surface area (Å²) in [4.78, 5) is 36.9. The molecule has 0 bridgehead atoms. The van der Waals surface area contributed by atoms with E-state index < -0.39 is 11.9 Å². The van der Waals surface area contributed by atoms with Crippen molar-refractivity contribution in [1.82, 2.24) is 5.32 Å². The zero-order chi connectivity index (χ0) is 18.0. The van der Waals surface area contributed by atoms with Gasteiger partial charge in [-0.1, -0.05) is 28.1 Å². The second-order valence-corrected chi connectivity index (χ2v) is 6.69. The molecule has 6 nitrogen and oxygen atoms in total. The maximum Gasteiger partial charge on any atom is 0.254 e. The molecule has 2 aromatic carbocycles. The third kappa shape index (κ3) is 3.88. The summed E-state index contributed by atoms with van der Waals surface area (Å²) in [5.74, 6) is -1.15. The summed E-state index contributed by atoms with van der Waals surface area (Å²) in [6, 6.07) is 11.3. The van der Waals surface area contributed by atoms with E-state index in [1.165, 1.54) is 0 Å². The van der Waals surface area contributed by atoms with Crippen molar-refractivity contribution in [1.29, 1.82) is 0 Å². The molecule has 128 valence electrons. The third-order valence-electron chi connectivity index (χ3n) is 3.90. The highest BCUT2D eigenvalue weighted by molar-refractivity contribution is 9.10. The van der Waals surface area contributed by atoms with E-state index in [1.54, 1.807) is 30.3 Å². The van der Waals surface area contributed by atoms with Gasteiger partial charge in [-0.3, -0.25) is 14.4 Å². The first-order valence-electron chi connectivity index (χ1n) is 7.71. The van der Waals surface area contributed by atoms with Gasteiger partial charge >= 0.3 is 0 Å². The Morgan fingerprint density at radius 2 is 1.96 bits per heavy atom. The molecule has 3 amide bonds. The number of aryl methyl sites for hydroxylation is 1. The lowest BCUT2D eigenvalue weighted by Crippen LogP contribution is -2.43. The van der Waals surface area contributed by atoms with Gasteiger partial charge in [0.05, 0.1) is 17.7 Å². The summed E-state index contributed by atoms with van der Waals surface area (Å²) in [7, 11) is 0. The molecule has 1 aliphatic heterocycles. The molecule has 0 radical (unpaired) electrons. The van der Waals surface area contributed by atoms with Crippen LogP contribution in [0, 0.1) is 6.92 Å². The zero-order valence-corrected chi connectivity index (χ0v) is 15.0. The Bertz CT molecular complexity index is 866. The molecule has 0 saturated heterocycles. The van der Waals surface area contributed by atoms with Crippen LogP contribution in [0.5, 0.6) is 0 Å². The second-order valence-electron chi connectivity index (χ2n) is 5.77. The fourth-order valence-corrected chi connectivity index (χ4v) is 3.08. The Morgan fingerprint density at radius 1 is 1.20 bits per heavy atom. The fourth-order valence-electron chi connectivity index (χ4n) is 2.61. The van der Waals surface area contributed by atoms with Crippen molar-refractivity contribution in [3.05, 3.63) is 58.1 Å². The molecule has 0 unspecified atom stereocenters. The molecule has 3 rings (SSSR count). The highest BCUT2D eigenvalue weighted by Gasteiger charge is 2.29. The highest BCUT2D eigenvalue weighted by Crippen LogP contribution is 2.21. The number of nitrogens with one attached hydrogen (secondary N) is 3. The molecule has 1 atom stereocenters. The first-order valence-corrected chi connectivity index (χ1v) is 8.50. The van der Waals surface area contributed by atoms with Crippen LogP contribution in [0.1, 0.15) is 22.3 Å². The Hall–Kier alpha value is -2.67. The second kappa shape index (κ2) is 7.06. The molecule has 1 heterocycles. The predicted octanol–water partition coefficient (Wildman–Crippen LogP) is 2.84. The van der Waals surface area contributed by atoms with Crippen molar-refractivity contribution in [2.75, 3.05) is 10.6 Å². The zero-order valence-electron chi connectivity index (χ0n) is 13.4. The van der Waals surface area contributed by atoms with Crippen LogP contribution in [-0.4, -0.2) is 23.8 Å². The number of benzene rings is 2. The van der Waals surface area contributed by atoms with Gasteiger partial charge < -0.3 is 16.0 Å². The van der Waals surface area contributed by atoms with Crippen molar-refractivity contribution >= 4 is 45.0 Å². The van der Waals surface area contributed by atoms with Crippen molar-refractivity contribution in [3.8, 4) is 0 Å². The van der Waals surface area contributed by atoms with E-state index in [1.807, 2.05) is 19.1 Å². The van der Waals surface area contributed by atoms with Gasteiger partial charge in [-0.25, -0.2) is 0 Å². The highest BCUT2D eigenvalue weighted by atomic mass is 79.9. The molecular formula is C18H16BrN3O3. The number of amides is 3. The van der Waals surface area contributed by atoms with Gasteiger partial charge in [-0.05, 0) is 42.8 Å². The van der Waals surface area contributed by atoms with E-state index in [9.17, 15) is 14.4 Å². The smallest absolute Gasteiger partial charge is 0.254 e. The topological polar surface area (TPSA) is 87.3 Å². The average Bonchev–Trinajstić information content (AvgIpc) is 2.68. The van der Waals surface area contributed by atoms with Gasteiger partial charge in [0.2, 0.25) is 11.8 Å². The number of fused-ring (bicyclic) bond motifs is 1.